The van der Waals surface area contributed by atoms with Gasteiger partial charge in [-0.3, -0.25) is 9.69 Å². The molecule has 0 aliphatic carbocycles. The van der Waals surface area contributed by atoms with E-state index in [-0.39, 0.29) is 23.6 Å². The summed E-state index contributed by atoms with van der Waals surface area (Å²) in [6.07, 6.45) is 2.61. The summed E-state index contributed by atoms with van der Waals surface area (Å²) in [7, 11) is 0. The minimum Gasteiger partial charge on any atom is -0.305 e. The second-order valence-corrected chi connectivity index (χ2v) is 8.34. The van der Waals surface area contributed by atoms with E-state index in [4.69, 9.17) is 0 Å². The average molecular weight is 435 g/mol. The van der Waals surface area contributed by atoms with Crippen LogP contribution < -0.4 is 4.90 Å². The van der Waals surface area contributed by atoms with Gasteiger partial charge in [0.1, 0.15) is 11.6 Å². The summed E-state index contributed by atoms with van der Waals surface area (Å²) in [5, 5.41) is 0. The lowest BCUT2D eigenvalue weighted by Gasteiger charge is -2.38. The number of carbonyl (C=O) groups excluding carboxylic acids is 1. The average Bonchev–Trinajstić information content (AvgIpc) is 2.82. The Balaban J connectivity index is 1.51. The van der Waals surface area contributed by atoms with Gasteiger partial charge >= 0.3 is 0 Å². The van der Waals surface area contributed by atoms with Crippen LogP contribution in [0.25, 0.3) is 0 Å². The molecule has 0 aromatic heterocycles. The smallest absolute Gasteiger partial charge is 0.258 e. The SMILES string of the molecule is CCc1ccc(N(C(=O)c2ccc(F)cc2)C2CCN(Cc3ccc(F)cc3)CC2)cc1. The third-order valence-electron chi connectivity index (χ3n) is 6.17. The van der Waals surface area contributed by atoms with Crippen LogP contribution in [-0.4, -0.2) is 29.9 Å². The van der Waals surface area contributed by atoms with Crippen LogP contribution in [0.2, 0.25) is 0 Å². The van der Waals surface area contributed by atoms with E-state index in [1.54, 1.807) is 12.1 Å². The van der Waals surface area contributed by atoms with Crippen molar-refractivity contribution in [2.24, 2.45) is 0 Å². The van der Waals surface area contributed by atoms with Crippen molar-refractivity contribution in [3.05, 3.63) is 101 Å². The number of hydrogen-bond acceptors (Lipinski definition) is 2. The molecule has 3 aromatic rings. The molecule has 1 saturated heterocycles. The Morgan fingerprint density at radius 2 is 1.38 bits per heavy atom. The van der Waals surface area contributed by atoms with Crippen LogP contribution >= 0.6 is 0 Å². The van der Waals surface area contributed by atoms with Crippen molar-refractivity contribution in [2.75, 3.05) is 18.0 Å². The predicted octanol–water partition coefficient (Wildman–Crippen LogP) is 5.84. The summed E-state index contributed by atoms with van der Waals surface area (Å²) in [6.45, 7) is 4.57. The topological polar surface area (TPSA) is 23.6 Å². The molecule has 0 bridgehead atoms. The molecular formula is C27H28F2N2O. The highest BCUT2D eigenvalue weighted by Gasteiger charge is 2.30. The molecule has 0 radical (unpaired) electrons. The fraction of sp³-hybridized carbons (Fsp3) is 0.296. The fourth-order valence-corrected chi connectivity index (χ4v) is 4.30. The van der Waals surface area contributed by atoms with E-state index in [9.17, 15) is 13.6 Å². The Morgan fingerprint density at radius 3 is 1.94 bits per heavy atom. The lowest BCUT2D eigenvalue weighted by Crippen LogP contribution is -2.47. The molecule has 1 aliphatic heterocycles. The molecule has 166 valence electrons. The number of piperidine rings is 1. The molecule has 3 aromatic carbocycles. The summed E-state index contributed by atoms with van der Waals surface area (Å²) in [4.78, 5) is 17.7. The molecule has 3 nitrogen and oxygen atoms in total. The zero-order chi connectivity index (χ0) is 22.5. The van der Waals surface area contributed by atoms with E-state index in [1.807, 2.05) is 29.2 Å². The maximum absolute atomic E-state index is 13.5. The van der Waals surface area contributed by atoms with Crippen LogP contribution in [0, 0.1) is 11.6 Å². The van der Waals surface area contributed by atoms with Crippen molar-refractivity contribution in [3.63, 3.8) is 0 Å². The van der Waals surface area contributed by atoms with Crippen molar-refractivity contribution < 1.29 is 13.6 Å². The molecule has 1 amide bonds. The van der Waals surface area contributed by atoms with E-state index < -0.39 is 0 Å². The van der Waals surface area contributed by atoms with Crippen molar-refractivity contribution >= 4 is 11.6 Å². The number of rotatable bonds is 6. The van der Waals surface area contributed by atoms with Gasteiger partial charge in [0.2, 0.25) is 0 Å². The van der Waals surface area contributed by atoms with Crippen LogP contribution in [-0.2, 0) is 13.0 Å². The molecular weight excluding hydrogens is 406 g/mol. The summed E-state index contributed by atoms with van der Waals surface area (Å²) >= 11 is 0. The molecule has 1 aliphatic rings. The lowest BCUT2D eigenvalue weighted by atomic mass is 9.99. The molecule has 1 heterocycles. The second kappa shape index (κ2) is 10.0. The Bertz CT molecular complexity index is 1020. The Kier molecular flexibility index (Phi) is 6.96. The van der Waals surface area contributed by atoms with Crippen molar-refractivity contribution in [3.8, 4) is 0 Å². The Labute approximate surface area is 188 Å². The third-order valence-corrected chi connectivity index (χ3v) is 6.17. The molecule has 1 fully saturated rings. The quantitative estimate of drug-likeness (QED) is 0.487. The number of hydrogen-bond donors (Lipinski definition) is 0. The number of anilines is 1. The molecule has 0 saturated carbocycles. The zero-order valence-corrected chi connectivity index (χ0v) is 18.3. The molecule has 0 spiro atoms. The van der Waals surface area contributed by atoms with Gasteiger partial charge in [0.25, 0.3) is 5.91 Å². The van der Waals surface area contributed by atoms with Gasteiger partial charge in [-0.2, -0.15) is 0 Å². The fourth-order valence-electron chi connectivity index (χ4n) is 4.30. The number of aryl methyl sites for hydroxylation is 1. The summed E-state index contributed by atoms with van der Waals surface area (Å²) < 4.78 is 26.6. The maximum atomic E-state index is 13.5. The second-order valence-electron chi connectivity index (χ2n) is 8.34. The number of carbonyl (C=O) groups is 1. The van der Waals surface area contributed by atoms with Crippen LogP contribution in [0.1, 0.15) is 41.3 Å². The first-order valence-corrected chi connectivity index (χ1v) is 11.2. The van der Waals surface area contributed by atoms with Crippen LogP contribution in [0.4, 0.5) is 14.5 Å². The van der Waals surface area contributed by atoms with Gasteiger partial charge in [0, 0.05) is 36.9 Å². The van der Waals surface area contributed by atoms with E-state index in [2.05, 4.69) is 24.0 Å². The van der Waals surface area contributed by atoms with Gasteiger partial charge in [-0.1, -0.05) is 31.2 Å². The highest BCUT2D eigenvalue weighted by Crippen LogP contribution is 2.27. The van der Waals surface area contributed by atoms with Gasteiger partial charge < -0.3 is 4.90 Å². The summed E-state index contributed by atoms with van der Waals surface area (Å²) in [5.41, 5.74) is 3.66. The highest BCUT2D eigenvalue weighted by atomic mass is 19.1. The van der Waals surface area contributed by atoms with Crippen LogP contribution in [0.5, 0.6) is 0 Å². The van der Waals surface area contributed by atoms with Crippen LogP contribution in [0.15, 0.2) is 72.8 Å². The van der Waals surface area contributed by atoms with Crippen molar-refractivity contribution in [2.45, 2.75) is 38.8 Å². The first-order chi connectivity index (χ1) is 15.5. The number of halogens is 2. The maximum Gasteiger partial charge on any atom is 0.258 e. The molecule has 0 unspecified atom stereocenters. The van der Waals surface area contributed by atoms with E-state index >= 15 is 0 Å². The first kappa shape index (κ1) is 22.2. The minimum atomic E-state index is -0.352. The lowest BCUT2D eigenvalue weighted by molar-refractivity contribution is 0.0958. The number of likely N-dealkylation sites (tertiary alicyclic amines) is 1. The molecule has 4 rings (SSSR count). The number of nitrogens with zero attached hydrogens (tertiary/aromatic N) is 2. The molecule has 5 heteroatoms. The Morgan fingerprint density at radius 1 is 0.844 bits per heavy atom. The van der Waals surface area contributed by atoms with E-state index in [0.717, 1.165) is 50.1 Å². The molecule has 0 atom stereocenters. The zero-order valence-electron chi connectivity index (χ0n) is 18.3. The Hall–Kier alpha value is -3.05. The highest BCUT2D eigenvalue weighted by molar-refractivity contribution is 6.06. The summed E-state index contributed by atoms with van der Waals surface area (Å²) in [5.74, 6) is -0.683. The molecule has 32 heavy (non-hydrogen) atoms. The van der Waals surface area contributed by atoms with Gasteiger partial charge in [-0.05, 0) is 78.9 Å². The van der Waals surface area contributed by atoms with E-state index in [0.29, 0.717) is 5.56 Å². The van der Waals surface area contributed by atoms with Gasteiger partial charge in [-0.15, -0.1) is 0 Å². The van der Waals surface area contributed by atoms with Crippen LogP contribution in [0.3, 0.4) is 0 Å². The van der Waals surface area contributed by atoms with Gasteiger partial charge in [-0.25, -0.2) is 8.78 Å². The van der Waals surface area contributed by atoms with Gasteiger partial charge in [0.05, 0.1) is 0 Å². The first-order valence-electron chi connectivity index (χ1n) is 11.2. The largest absolute Gasteiger partial charge is 0.305 e. The third kappa shape index (κ3) is 5.22. The number of amides is 1. The van der Waals surface area contributed by atoms with E-state index in [1.165, 1.54) is 29.8 Å². The minimum absolute atomic E-state index is 0.0597. The monoisotopic (exact) mass is 434 g/mol. The standard InChI is InChI=1S/C27H28F2N2O/c1-2-20-5-13-25(14-6-20)31(27(32)22-7-11-24(29)12-8-22)26-15-17-30(18-16-26)19-21-3-9-23(28)10-4-21/h3-14,26H,2,15-19H2,1H3. The van der Waals surface area contributed by atoms with Crippen molar-refractivity contribution in [1.29, 1.82) is 0 Å². The normalized spacial score (nSPS) is 15.0. The van der Waals surface area contributed by atoms with Crippen molar-refractivity contribution in [1.82, 2.24) is 4.90 Å². The van der Waals surface area contributed by atoms with Gasteiger partial charge in [0.15, 0.2) is 0 Å². The summed E-state index contributed by atoms with van der Waals surface area (Å²) in [6, 6.07) is 20.6. The molecule has 0 N–H and O–H groups in total. The predicted molar refractivity (Wildman–Crippen MR) is 124 cm³/mol. The number of benzene rings is 3.